The van der Waals surface area contributed by atoms with Crippen molar-refractivity contribution >= 4 is 76.6 Å². The number of carbonyl (C=O) groups is 11. The summed E-state index contributed by atoms with van der Waals surface area (Å²) in [5.74, 6) is -8.38. The van der Waals surface area contributed by atoms with E-state index < -0.39 is 154 Å². The van der Waals surface area contributed by atoms with Crippen molar-refractivity contribution in [3.05, 3.63) is 69.7 Å². The van der Waals surface area contributed by atoms with E-state index in [1.807, 2.05) is 53.7 Å². The molecule has 94 heavy (non-hydrogen) atoms. The van der Waals surface area contributed by atoms with Gasteiger partial charge in [-0.3, -0.25) is 52.7 Å². The van der Waals surface area contributed by atoms with Crippen LogP contribution in [-0.2, 0) is 71.8 Å². The number of aryl methyl sites for hydroxylation is 2. The van der Waals surface area contributed by atoms with Crippen LogP contribution in [-0.4, -0.2) is 215 Å². The Bertz CT molecular complexity index is 3060. The fraction of sp³-hybridized carbons (Fsp3) is 0.662. The van der Waals surface area contributed by atoms with Gasteiger partial charge in [0.05, 0.1) is 17.1 Å². The number of nitrogens with one attached hydrogen (secondary N) is 4. The minimum atomic E-state index is -4.77. The Hall–Kier alpha value is -7.31. The number of fused-ring (bicyclic) bond motifs is 1. The van der Waals surface area contributed by atoms with Gasteiger partial charge < -0.3 is 55.6 Å². The molecular formula is C68H103ClF3N11O11. The van der Waals surface area contributed by atoms with Crippen molar-refractivity contribution in [2.45, 2.75) is 214 Å². The summed E-state index contributed by atoms with van der Waals surface area (Å²) in [5, 5.41) is 10.6. The number of hydrogen-bond donors (Lipinski definition) is 4. The van der Waals surface area contributed by atoms with E-state index >= 15 is 0 Å². The van der Waals surface area contributed by atoms with Crippen LogP contribution in [0.2, 0.25) is 5.02 Å². The van der Waals surface area contributed by atoms with E-state index in [9.17, 15) is 65.9 Å². The maximum Gasteiger partial charge on any atom is 0.417 e. The lowest BCUT2D eigenvalue weighted by Crippen LogP contribution is -2.65. The van der Waals surface area contributed by atoms with Crippen LogP contribution in [0, 0.1) is 30.6 Å². The van der Waals surface area contributed by atoms with Gasteiger partial charge >= 0.3 is 6.18 Å². The second-order valence-corrected chi connectivity index (χ2v) is 28.0. The van der Waals surface area contributed by atoms with Crippen LogP contribution in [0.4, 0.5) is 13.2 Å². The molecular weight excluding hydrogens is 1240 g/mol. The molecule has 4 N–H and O–H groups in total. The summed E-state index contributed by atoms with van der Waals surface area (Å²) < 4.78 is 41.4. The van der Waals surface area contributed by atoms with Crippen molar-refractivity contribution in [2.75, 3.05) is 55.4 Å². The molecule has 0 unspecified atom stereocenters. The van der Waals surface area contributed by atoms with Crippen LogP contribution in [0.25, 0.3) is 0 Å². The van der Waals surface area contributed by atoms with E-state index in [0.717, 1.165) is 27.5 Å². The van der Waals surface area contributed by atoms with Gasteiger partial charge in [-0.25, -0.2) is 0 Å². The van der Waals surface area contributed by atoms with Crippen molar-refractivity contribution in [3.8, 4) is 0 Å². The van der Waals surface area contributed by atoms with Crippen molar-refractivity contribution in [3.63, 3.8) is 0 Å². The van der Waals surface area contributed by atoms with Crippen LogP contribution in [0.15, 0.2) is 42.5 Å². The van der Waals surface area contributed by atoms with Gasteiger partial charge in [-0.15, -0.1) is 0 Å². The molecule has 0 radical (unpaired) electrons. The Labute approximate surface area is 558 Å². The molecule has 0 aliphatic carbocycles. The number of hydrogen-bond acceptors (Lipinski definition) is 11. The first-order valence-corrected chi connectivity index (χ1v) is 32.9. The molecule has 0 saturated carbocycles. The summed E-state index contributed by atoms with van der Waals surface area (Å²) in [5.41, 5.74) is -0.960. The Morgan fingerprint density at radius 2 is 1.18 bits per heavy atom. The third-order valence-electron chi connectivity index (χ3n) is 18.5. The molecule has 2 heterocycles. The summed E-state index contributed by atoms with van der Waals surface area (Å²) in [6, 6.07) is -0.244. The van der Waals surface area contributed by atoms with E-state index in [1.54, 1.807) is 39.8 Å². The average molecular weight is 1340 g/mol. The quantitative estimate of drug-likeness (QED) is 0.180. The Morgan fingerprint density at radius 3 is 1.70 bits per heavy atom. The van der Waals surface area contributed by atoms with Crippen LogP contribution in [0.1, 0.15) is 150 Å². The maximum absolute atomic E-state index is 14.9. The van der Waals surface area contributed by atoms with Gasteiger partial charge in [0, 0.05) is 67.7 Å². The second-order valence-electron chi connectivity index (χ2n) is 27.6. The highest BCUT2D eigenvalue weighted by Gasteiger charge is 2.47. The van der Waals surface area contributed by atoms with Gasteiger partial charge in [-0.2, -0.15) is 13.2 Å². The number of benzene rings is 2. The summed E-state index contributed by atoms with van der Waals surface area (Å²) in [6.07, 6.45) is -4.46. The summed E-state index contributed by atoms with van der Waals surface area (Å²) >= 11 is 6.10. The molecule has 11 amide bonds. The molecule has 2 aromatic carbocycles. The highest BCUT2D eigenvalue weighted by molar-refractivity contribution is 6.31. The summed E-state index contributed by atoms with van der Waals surface area (Å²) in [6.45, 7) is 22.1. The average Bonchev–Trinajstić information content (AvgIpc) is 0.791. The van der Waals surface area contributed by atoms with Crippen molar-refractivity contribution in [1.82, 2.24) is 55.6 Å². The number of alkyl halides is 3. The summed E-state index contributed by atoms with van der Waals surface area (Å²) in [4.78, 5) is 170. The van der Waals surface area contributed by atoms with Crippen molar-refractivity contribution < 1.29 is 65.9 Å². The van der Waals surface area contributed by atoms with Gasteiger partial charge in [-0.1, -0.05) is 109 Å². The molecule has 2 aliphatic rings. The predicted octanol–water partition coefficient (Wildman–Crippen LogP) is 6.01. The number of nitrogens with zero attached hydrogens (tertiary/aromatic N) is 7. The molecule has 0 spiro atoms. The Morgan fingerprint density at radius 1 is 0.617 bits per heavy atom. The smallest absolute Gasteiger partial charge is 0.343 e. The van der Waals surface area contributed by atoms with E-state index in [1.165, 1.54) is 93.6 Å². The molecule has 2 fully saturated rings. The van der Waals surface area contributed by atoms with Gasteiger partial charge in [0.2, 0.25) is 65.0 Å². The lowest BCUT2D eigenvalue weighted by atomic mass is 9.95. The second kappa shape index (κ2) is 33.9. The van der Waals surface area contributed by atoms with E-state index in [-0.39, 0.29) is 81.2 Å². The van der Waals surface area contributed by atoms with Gasteiger partial charge in [-0.05, 0) is 120 Å². The van der Waals surface area contributed by atoms with Gasteiger partial charge in [0.1, 0.15) is 53.9 Å². The lowest BCUT2D eigenvalue weighted by Gasteiger charge is -2.45. The maximum atomic E-state index is 14.9. The lowest BCUT2D eigenvalue weighted by molar-refractivity contribution is -0.160. The van der Waals surface area contributed by atoms with Gasteiger partial charge in [0.25, 0.3) is 0 Å². The zero-order chi connectivity index (χ0) is 71.3. The molecule has 0 aromatic heterocycles. The minimum absolute atomic E-state index is 0.0166. The van der Waals surface area contributed by atoms with Crippen molar-refractivity contribution in [2.24, 2.45) is 23.7 Å². The molecule has 26 heteroatoms. The number of likely N-dealkylation sites (N-methyl/N-ethyl adjacent to an activating group) is 6. The van der Waals surface area contributed by atoms with E-state index in [0.29, 0.717) is 12.0 Å². The fourth-order valence-electron chi connectivity index (χ4n) is 11.4. The topological polar surface area (TPSA) is 259 Å². The minimum Gasteiger partial charge on any atom is -0.343 e. The van der Waals surface area contributed by atoms with Gasteiger partial charge in [0.15, 0.2) is 0 Å². The SMILES string of the molecule is CC[C@H](C)[C@@H]1NC(=O)[C@H](CC(C)C)N(C)C(=O)C[C@@H](C)N(C)C(=O)[C@H](CC(C)C)NC(=O)C(C)(C)N(C)C(=O)[C@H](CC(C)C)NC(=O)[C@H](CCc2ccc(C(F)(F)F)c(Cl)c2)NC(=O)CN(C)C(=O)[C@H](Cc2ccc(C)cc2)N(C)C(=O)[C@@H]2CCN2C(=O)[C@H](C)N(C)C1=O. The molecule has 2 saturated heterocycles. The third kappa shape index (κ3) is 20.6. The molecule has 22 nitrogen and oxygen atoms in total. The van der Waals surface area contributed by atoms with Crippen LogP contribution >= 0.6 is 11.6 Å². The first-order chi connectivity index (χ1) is 43.5. The normalized spacial score (nSPS) is 25.3. The molecule has 10 atom stereocenters. The number of carbonyl (C=O) groups excluding carboxylic acids is 11. The fourth-order valence-corrected chi connectivity index (χ4v) is 11.7. The Kier molecular flexibility index (Phi) is 28.5. The van der Waals surface area contributed by atoms with Crippen molar-refractivity contribution in [1.29, 1.82) is 0 Å². The standard InChI is InChI=1S/C68H103ClF3N11O11/c1-20-42(9)57-65(93)79(16)44(11)60(88)83-30-29-52(83)64(92)81(18)54(36-46-23-21-41(8)22-24-46)63(91)77(14)37-55(84)73-49(28-26-45-25-27-47(48(69)35-45)68(70,71)72)58(86)74-51(32-39(4)5)62(90)82(19)67(12,13)66(94)75-50(31-38(2)3)61(89)78(15)43(10)34-56(85)80(17)53(33-40(6)7)59(87)76-57/h21-25,27,35,38-40,42-44,49-54,57H,20,26,28-34,36-37H2,1-19H3,(H,73,84)(H,74,86)(H,75,94)(H,76,87)/t42-,43+,44-,49-,50-,51-,52-,53-,54-,57-/m0/s1. The van der Waals surface area contributed by atoms with E-state index in [2.05, 4.69) is 21.3 Å². The molecule has 4 rings (SSSR count). The molecule has 0 bridgehead atoms. The zero-order valence-corrected chi connectivity index (χ0v) is 59.2. The highest BCUT2D eigenvalue weighted by Crippen LogP contribution is 2.35. The van der Waals surface area contributed by atoms with Crippen LogP contribution < -0.4 is 21.3 Å². The molecule has 2 aliphatic heterocycles. The van der Waals surface area contributed by atoms with E-state index in [4.69, 9.17) is 11.6 Å². The first-order valence-electron chi connectivity index (χ1n) is 32.6. The number of amides is 11. The largest absolute Gasteiger partial charge is 0.417 e. The number of rotatable bonds is 13. The third-order valence-corrected chi connectivity index (χ3v) is 18.8. The monoisotopic (exact) mass is 1340 g/mol. The number of halogens is 4. The highest BCUT2D eigenvalue weighted by atomic mass is 35.5. The predicted molar refractivity (Wildman–Crippen MR) is 352 cm³/mol. The zero-order valence-electron chi connectivity index (χ0n) is 58.5. The van der Waals surface area contributed by atoms with Crippen LogP contribution in [0.3, 0.4) is 0 Å². The Balaban J connectivity index is 1.87. The molecule has 524 valence electrons. The molecule has 2 aromatic rings. The van der Waals surface area contributed by atoms with Crippen LogP contribution in [0.5, 0.6) is 0 Å². The summed E-state index contributed by atoms with van der Waals surface area (Å²) in [7, 11) is 8.50. The first kappa shape index (κ1) is 79.1.